The maximum absolute atomic E-state index is 12.8. The zero-order valence-electron chi connectivity index (χ0n) is 11.8. The Kier molecular flexibility index (Phi) is 4.77. The average molecular weight is 295 g/mol. The molecule has 5 nitrogen and oxygen atoms in total. The Morgan fingerprint density at radius 1 is 1.38 bits per heavy atom. The number of carbonyl (C=O) groups excluding carboxylic acids is 1. The summed E-state index contributed by atoms with van der Waals surface area (Å²) in [6, 6.07) is 5.42. The quantitative estimate of drug-likeness (QED) is 0.921. The predicted octanol–water partition coefficient (Wildman–Crippen LogP) is 1.92. The molecule has 1 aliphatic heterocycles. The van der Waals surface area contributed by atoms with Gasteiger partial charge in [0, 0.05) is 13.1 Å². The first-order valence-electron chi connectivity index (χ1n) is 6.91. The van der Waals surface area contributed by atoms with Gasteiger partial charge in [0.2, 0.25) is 0 Å². The van der Waals surface area contributed by atoms with Crippen molar-refractivity contribution in [1.29, 1.82) is 0 Å². The first kappa shape index (κ1) is 15.3. The number of carboxylic acid groups (broad SMARTS) is 1. The standard InChI is InChI=1S/C15H18FNO4/c1-10(21-13-6-4-12(16)5-7-13)14(18)17-8-2-3-11(9-17)15(19)20/h4-7,10-11H,2-3,8-9H2,1H3,(H,19,20)/t10?,11-/m1/s1. The van der Waals surface area contributed by atoms with Gasteiger partial charge in [-0.3, -0.25) is 9.59 Å². The lowest BCUT2D eigenvalue weighted by Crippen LogP contribution is -2.47. The van der Waals surface area contributed by atoms with Crippen molar-refractivity contribution >= 4 is 11.9 Å². The molecule has 21 heavy (non-hydrogen) atoms. The minimum absolute atomic E-state index is 0.214. The Balaban J connectivity index is 1.95. The van der Waals surface area contributed by atoms with Gasteiger partial charge in [-0.1, -0.05) is 0 Å². The summed E-state index contributed by atoms with van der Waals surface area (Å²) in [5.74, 6) is -1.60. The first-order valence-corrected chi connectivity index (χ1v) is 6.91. The molecule has 1 aromatic carbocycles. The number of hydrogen-bond donors (Lipinski definition) is 1. The summed E-state index contributed by atoms with van der Waals surface area (Å²) in [6.45, 7) is 2.36. The number of piperidine rings is 1. The molecule has 0 saturated carbocycles. The van der Waals surface area contributed by atoms with Crippen LogP contribution in [0.15, 0.2) is 24.3 Å². The van der Waals surface area contributed by atoms with E-state index in [9.17, 15) is 14.0 Å². The second-order valence-electron chi connectivity index (χ2n) is 5.18. The van der Waals surface area contributed by atoms with E-state index < -0.39 is 18.0 Å². The second-order valence-corrected chi connectivity index (χ2v) is 5.18. The molecule has 1 saturated heterocycles. The van der Waals surface area contributed by atoms with Crippen molar-refractivity contribution in [2.24, 2.45) is 5.92 Å². The molecule has 1 unspecified atom stereocenters. The van der Waals surface area contributed by atoms with E-state index in [-0.39, 0.29) is 18.3 Å². The Hall–Kier alpha value is -2.11. The van der Waals surface area contributed by atoms with Gasteiger partial charge >= 0.3 is 5.97 Å². The highest BCUT2D eigenvalue weighted by Gasteiger charge is 2.30. The molecule has 6 heteroatoms. The minimum atomic E-state index is -0.875. The fourth-order valence-electron chi connectivity index (χ4n) is 2.40. The number of nitrogens with zero attached hydrogens (tertiary/aromatic N) is 1. The van der Waals surface area contributed by atoms with Crippen LogP contribution in [0.25, 0.3) is 0 Å². The van der Waals surface area contributed by atoms with E-state index in [1.165, 1.54) is 29.2 Å². The van der Waals surface area contributed by atoms with Gasteiger partial charge in [0.1, 0.15) is 11.6 Å². The highest BCUT2D eigenvalue weighted by atomic mass is 19.1. The van der Waals surface area contributed by atoms with Crippen LogP contribution in [0.4, 0.5) is 4.39 Å². The number of carbonyl (C=O) groups is 2. The smallest absolute Gasteiger partial charge is 0.308 e. The van der Waals surface area contributed by atoms with Crippen molar-refractivity contribution in [2.45, 2.75) is 25.9 Å². The summed E-state index contributed by atoms with van der Waals surface area (Å²) in [5.41, 5.74) is 0. The lowest BCUT2D eigenvalue weighted by Gasteiger charge is -2.32. The van der Waals surface area contributed by atoms with Crippen molar-refractivity contribution in [3.63, 3.8) is 0 Å². The van der Waals surface area contributed by atoms with Crippen molar-refractivity contribution in [3.05, 3.63) is 30.1 Å². The minimum Gasteiger partial charge on any atom is -0.481 e. The summed E-state index contributed by atoms with van der Waals surface area (Å²) < 4.78 is 18.3. The molecule has 2 rings (SSSR count). The molecule has 2 atom stereocenters. The number of benzene rings is 1. The molecule has 0 radical (unpaired) electrons. The Morgan fingerprint density at radius 2 is 2.05 bits per heavy atom. The van der Waals surface area contributed by atoms with Gasteiger partial charge in [0.15, 0.2) is 6.10 Å². The normalized spacial score (nSPS) is 19.9. The Labute approximate surface area is 122 Å². The lowest BCUT2D eigenvalue weighted by molar-refractivity contribution is -0.147. The SMILES string of the molecule is CC(Oc1ccc(F)cc1)C(=O)N1CCC[C@@H](C(=O)O)C1. The van der Waals surface area contributed by atoms with Gasteiger partial charge < -0.3 is 14.7 Å². The van der Waals surface area contributed by atoms with Crippen LogP contribution >= 0.6 is 0 Å². The first-order chi connectivity index (χ1) is 9.97. The van der Waals surface area contributed by atoms with Crippen LogP contribution in [0.2, 0.25) is 0 Å². The van der Waals surface area contributed by atoms with E-state index in [1.807, 2.05) is 0 Å². The monoisotopic (exact) mass is 295 g/mol. The highest BCUT2D eigenvalue weighted by molar-refractivity contribution is 5.82. The molecule has 1 fully saturated rings. The molecule has 1 heterocycles. The molecule has 1 aromatic rings. The van der Waals surface area contributed by atoms with Gasteiger partial charge in [-0.2, -0.15) is 0 Å². The van der Waals surface area contributed by atoms with Crippen LogP contribution < -0.4 is 4.74 Å². The van der Waals surface area contributed by atoms with E-state index in [0.29, 0.717) is 25.1 Å². The number of aliphatic carboxylic acids is 1. The van der Waals surface area contributed by atoms with Crippen molar-refractivity contribution in [1.82, 2.24) is 4.90 Å². The van der Waals surface area contributed by atoms with E-state index >= 15 is 0 Å². The Morgan fingerprint density at radius 3 is 2.67 bits per heavy atom. The third-order valence-electron chi connectivity index (χ3n) is 3.56. The van der Waals surface area contributed by atoms with Crippen LogP contribution in [-0.4, -0.2) is 41.1 Å². The molecule has 0 bridgehead atoms. The lowest BCUT2D eigenvalue weighted by atomic mass is 9.98. The number of ether oxygens (including phenoxy) is 1. The summed E-state index contributed by atoms with van der Waals surface area (Å²) in [6.07, 6.45) is 0.529. The average Bonchev–Trinajstić information content (AvgIpc) is 2.49. The summed E-state index contributed by atoms with van der Waals surface area (Å²) in [7, 11) is 0. The van der Waals surface area contributed by atoms with E-state index in [2.05, 4.69) is 0 Å². The zero-order valence-corrected chi connectivity index (χ0v) is 11.8. The fraction of sp³-hybridized carbons (Fsp3) is 0.467. The molecule has 1 amide bonds. The highest BCUT2D eigenvalue weighted by Crippen LogP contribution is 2.19. The molecule has 0 spiro atoms. The molecular formula is C15H18FNO4. The molecular weight excluding hydrogens is 277 g/mol. The van der Waals surface area contributed by atoms with Crippen LogP contribution in [-0.2, 0) is 9.59 Å². The van der Waals surface area contributed by atoms with E-state index in [4.69, 9.17) is 9.84 Å². The van der Waals surface area contributed by atoms with Crippen LogP contribution in [0.5, 0.6) is 5.75 Å². The third kappa shape index (κ3) is 3.93. The topological polar surface area (TPSA) is 66.8 Å². The number of carboxylic acids is 1. The number of hydrogen-bond acceptors (Lipinski definition) is 3. The second kappa shape index (κ2) is 6.56. The fourth-order valence-corrected chi connectivity index (χ4v) is 2.40. The maximum Gasteiger partial charge on any atom is 0.308 e. The Bertz CT molecular complexity index is 517. The van der Waals surface area contributed by atoms with Gasteiger partial charge in [0.05, 0.1) is 5.92 Å². The number of amides is 1. The van der Waals surface area contributed by atoms with Gasteiger partial charge in [-0.25, -0.2) is 4.39 Å². The number of halogens is 1. The summed E-state index contributed by atoms with van der Waals surface area (Å²) in [4.78, 5) is 24.8. The van der Waals surface area contributed by atoms with E-state index in [1.54, 1.807) is 6.92 Å². The van der Waals surface area contributed by atoms with Crippen molar-refractivity contribution in [2.75, 3.05) is 13.1 Å². The van der Waals surface area contributed by atoms with Crippen LogP contribution in [0.1, 0.15) is 19.8 Å². The molecule has 1 aliphatic rings. The van der Waals surface area contributed by atoms with Crippen LogP contribution in [0.3, 0.4) is 0 Å². The number of rotatable bonds is 4. The summed E-state index contributed by atoms with van der Waals surface area (Å²) >= 11 is 0. The van der Waals surface area contributed by atoms with Gasteiger partial charge in [-0.15, -0.1) is 0 Å². The van der Waals surface area contributed by atoms with Gasteiger partial charge in [0.25, 0.3) is 5.91 Å². The van der Waals surface area contributed by atoms with Crippen molar-refractivity contribution < 1.29 is 23.8 Å². The molecule has 0 aliphatic carbocycles. The largest absolute Gasteiger partial charge is 0.481 e. The molecule has 114 valence electrons. The molecule has 1 N–H and O–H groups in total. The number of likely N-dealkylation sites (tertiary alicyclic amines) is 1. The zero-order chi connectivity index (χ0) is 15.4. The third-order valence-corrected chi connectivity index (χ3v) is 3.56. The summed E-state index contributed by atoms with van der Waals surface area (Å²) in [5, 5.41) is 9.03. The van der Waals surface area contributed by atoms with Gasteiger partial charge in [-0.05, 0) is 44.0 Å². The predicted molar refractivity (Wildman–Crippen MR) is 73.4 cm³/mol. The van der Waals surface area contributed by atoms with Crippen LogP contribution in [0, 0.1) is 11.7 Å². The van der Waals surface area contributed by atoms with E-state index in [0.717, 1.165) is 0 Å². The molecule has 0 aromatic heterocycles. The maximum atomic E-state index is 12.8. The van der Waals surface area contributed by atoms with Crippen molar-refractivity contribution in [3.8, 4) is 5.75 Å².